The second kappa shape index (κ2) is 4.05. The van der Waals surface area contributed by atoms with Crippen molar-refractivity contribution in [3.05, 3.63) is 34.9 Å². The largest absolute Gasteiger partial charge is 0.316 e. The van der Waals surface area contributed by atoms with Crippen LogP contribution in [-0.2, 0) is 0 Å². The Labute approximate surface area is 102 Å². The zero-order valence-corrected chi connectivity index (χ0v) is 10.3. The van der Waals surface area contributed by atoms with E-state index in [4.69, 9.17) is 11.6 Å². The number of benzene rings is 1. The number of hydrogen-bond donors (Lipinski definition) is 1. The van der Waals surface area contributed by atoms with Crippen molar-refractivity contribution in [2.45, 2.75) is 31.6 Å². The zero-order valence-electron chi connectivity index (χ0n) is 9.51. The summed E-state index contributed by atoms with van der Waals surface area (Å²) >= 11 is 6.26. The first-order valence-corrected chi connectivity index (χ1v) is 6.62. The van der Waals surface area contributed by atoms with E-state index in [0.29, 0.717) is 11.3 Å². The highest BCUT2D eigenvalue weighted by molar-refractivity contribution is 6.31. The summed E-state index contributed by atoms with van der Waals surface area (Å²) in [7, 11) is 0. The molecule has 2 heteroatoms. The average molecular weight is 236 g/mol. The van der Waals surface area contributed by atoms with E-state index in [1.165, 1.54) is 44.3 Å². The molecule has 86 valence electrons. The van der Waals surface area contributed by atoms with Crippen molar-refractivity contribution in [3.63, 3.8) is 0 Å². The van der Waals surface area contributed by atoms with Gasteiger partial charge in [-0.05, 0) is 48.6 Å². The van der Waals surface area contributed by atoms with Gasteiger partial charge < -0.3 is 5.32 Å². The van der Waals surface area contributed by atoms with Crippen molar-refractivity contribution >= 4 is 11.6 Å². The fourth-order valence-electron chi connectivity index (χ4n) is 3.18. The lowest BCUT2D eigenvalue weighted by Gasteiger charge is -2.47. The molecule has 1 saturated heterocycles. The van der Waals surface area contributed by atoms with Crippen molar-refractivity contribution in [3.8, 4) is 0 Å². The van der Waals surface area contributed by atoms with Gasteiger partial charge in [-0.2, -0.15) is 0 Å². The minimum Gasteiger partial charge on any atom is -0.316 e. The van der Waals surface area contributed by atoms with Gasteiger partial charge in [0.15, 0.2) is 0 Å². The summed E-state index contributed by atoms with van der Waals surface area (Å²) in [5, 5.41) is 4.37. The van der Waals surface area contributed by atoms with E-state index in [1.54, 1.807) is 0 Å². The molecular weight excluding hydrogens is 218 g/mol. The van der Waals surface area contributed by atoms with Crippen LogP contribution in [0.5, 0.6) is 0 Å². The first kappa shape index (κ1) is 10.6. The first-order valence-electron chi connectivity index (χ1n) is 6.24. The van der Waals surface area contributed by atoms with Crippen LogP contribution in [0.15, 0.2) is 24.3 Å². The second-order valence-corrected chi connectivity index (χ2v) is 5.81. The van der Waals surface area contributed by atoms with Crippen LogP contribution < -0.4 is 5.32 Å². The number of nitrogens with one attached hydrogen (secondary N) is 1. The molecule has 1 N–H and O–H groups in total. The summed E-state index contributed by atoms with van der Waals surface area (Å²) in [6, 6.07) is 8.35. The highest BCUT2D eigenvalue weighted by Gasteiger charge is 2.40. The lowest BCUT2D eigenvalue weighted by molar-refractivity contribution is 0.0975. The molecule has 2 aliphatic rings. The van der Waals surface area contributed by atoms with Gasteiger partial charge in [-0.25, -0.2) is 0 Å². The van der Waals surface area contributed by atoms with Gasteiger partial charge in [0.25, 0.3) is 0 Å². The van der Waals surface area contributed by atoms with E-state index >= 15 is 0 Å². The zero-order chi connectivity index (χ0) is 11.0. The van der Waals surface area contributed by atoms with Gasteiger partial charge in [-0.15, -0.1) is 0 Å². The Bertz CT molecular complexity index is 374. The molecule has 1 aromatic rings. The minimum absolute atomic E-state index is 0.651. The summed E-state index contributed by atoms with van der Waals surface area (Å²) in [6.45, 7) is 2.48. The molecule has 0 aromatic heterocycles. The summed E-state index contributed by atoms with van der Waals surface area (Å²) in [6.07, 6.45) is 5.36. The van der Waals surface area contributed by atoms with Crippen LogP contribution in [0, 0.1) is 5.41 Å². The lowest BCUT2D eigenvalue weighted by atomic mass is 9.66. The van der Waals surface area contributed by atoms with Gasteiger partial charge in [0.1, 0.15) is 0 Å². The van der Waals surface area contributed by atoms with Crippen LogP contribution in [-0.4, -0.2) is 13.1 Å². The first-order chi connectivity index (χ1) is 7.79. The van der Waals surface area contributed by atoms with Crippen molar-refractivity contribution in [2.75, 3.05) is 13.1 Å². The van der Waals surface area contributed by atoms with Crippen LogP contribution in [0.3, 0.4) is 0 Å². The Hall–Kier alpha value is -0.530. The molecule has 0 bridgehead atoms. The molecule has 1 heterocycles. The van der Waals surface area contributed by atoms with Gasteiger partial charge in [0.2, 0.25) is 0 Å². The maximum atomic E-state index is 6.26. The fourth-order valence-corrected chi connectivity index (χ4v) is 3.47. The third-order valence-corrected chi connectivity index (χ3v) is 4.74. The molecule has 1 aromatic carbocycles. The maximum absolute atomic E-state index is 6.26. The van der Waals surface area contributed by atoms with E-state index in [2.05, 4.69) is 17.4 Å². The molecule has 0 atom stereocenters. The van der Waals surface area contributed by atoms with Crippen molar-refractivity contribution in [1.82, 2.24) is 5.32 Å². The van der Waals surface area contributed by atoms with E-state index in [-0.39, 0.29) is 0 Å². The van der Waals surface area contributed by atoms with Crippen molar-refractivity contribution in [2.24, 2.45) is 5.41 Å². The quantitative estimate of drug-likeness (QED) is 0.785. The monoisotopic (exact) mass is 235 g/mol. The van der Waals surface area contributed by atoms with Gasteiger partial charge in [0, 0.05) is 18.1 Å². The molecule has 1 saturated carbocycles. The second-order valence-electron chi connectivity index (χ2n) is 5.40. The fraction of sp³-hybridized carbons (Fsp3) is 0.571. The molecule has 3 rings (SSSR count). The smallest absolute Gasteiger partial charge is 0.0440 e. The molecule has 1 spiro atoms. The topological polar surface area (TPSA) is 12.0 Å². The molecule has 0 unspecified atom stereocenters. The third kappa shape index (κ3) is 1.76. The van der Waals surface area contributed by atoms with Crippen LogP contribution in [0.1, 0.15) is 37.2 Å². The average Bonchev–Trinajstić information content (AvgIpc) is 2.28. The van der Waals surface area contributed by atoms with Gasteiger partial charge in [0.05, 0.1) is 0 Å². The van der Waals surface area contributed by atoms with Gasteiger partial charge >= 0.3 is 0 Å². The molecule has 1 aliphatic carbocycles. The SMILES string of the molecule is Clc1ccccc1C1CCC2(CC1)CNC2. The Morgan fingerprint density at radius 2 is 1.81 bits per heavy atom. The molecule has 1 nitrogen and oxygen atoms in total. The van der Waals surface area contributed by atoms with E-state index < -0.39 is 0 Å². The van der Waals surface area contributed by atoms with Crippen molar-refractivity contribution < 1.29 is 0 Å². The van der Waals surface area contributed by atoms with E-state index in [0.717, 1.165) is 5.02 Å². The van der Waals surface area contributed by atoms with E-state index in [9.17, 15) is 0 Å². The van der Waals surface area contributed by atoms with Crippen LogP contribution >= 0.6 is 11.6 Å². The van der Waals surface area contributed by atoms with Crippen LogP contribution in [0.25, 0.3) is 0 Å². The van der Waals surface area contributed by atoms with Crippen LogP contribution in [0.2, 0.25) is 5.02 Å². The third-order valence-electron chi connectivity index (χ3n) is 4.39. The predicted molar refractivity (Wildman–Crippen MR) is 68.0 cm³/mol. The number of rotatable bonds is 1. The summed E-state index contributed by atoms with van der Waals surface area (Å²) in [5.41, 5.74) is 2.02. The lowest BCUT2D eigenvalue weighted by Crippen LogP contribution is -2.54. The predicted octanol–water partition coefficient (Wildman–Crippen LogP) is 3.59. The Kier molecular flexibility index (Phi) is 2.68. The summed E-state index contributed by atoms with van der Waals surface area (Å²) in [5.74, 6) is 0.694. The summed E-state index contributed by atoms with van der Waals surface area (Å²) < 4.78 is 0. The molecule has 1 aliphatic heterocycles. The van der Waals surface area contributed by atoms with Gasteiger partial charge in [-0.1, -0.05) is 29.8 Å². The normalized spacial score (nSPS) is 24.3. The standard InChI is InChI=1S/C14H18ClN/c15-13-4-2-1-3-12(13)11-5-7-14(8-6-11)9-16-10-14/h1-4,11,16H,5-10H2. The van der Waals surface area contributed by atoms with Crippen LogP contribution in [0.4, 0.5) is 0 Å². The highest BCUT2D eigenvalue weighted by atomic mass is 35.5. The number of hydrogen-bond acceptors (Lipinski definition) is 1. The van der Waals surface area contributed by atoms with Crippen molar-refractivity contribution in [1.29, 1.82) is 0 Å². The highest BCUT2D eigenvalue weighted by Crippen LogP contribution is 2.46. The minimum atomic E-state index is 0.651. The molecule has 0 amide bonds. The van der Waals surface area contributed by atoms with E-state index in [1.807, 2.05) is 12.1 Å². The Balaban J connectivity index is 1.72. The molecule has 16 heavy (non-hydrogen) atoms. The summed E-state index contributed by atoms with van der Waals surface area (Å²) in [4.78, 5) is 0. The Morgan fingerprint density at radius 1 is 1.12 bits per heavy atom. The maximum Gasteiger partial charge on any atom is 0.0440 e. The van der Waals surface area contributed by atoms with Gasteiger partial charge in [-0.3, -0.25) is 0 Å². The number of halogens is 1. The molecule has 2 fully saturated rings. The molecular formula is C14H18ClN. The Morgan fingerprint density at radius 3 is 2.38 bits per heavy atom. The molecule has 0 radical (unpaired) electrons.